The van der Waals surface area contributed by atoms with E-state index in [1.54, 1.807) is 0 Å². The molecule has 0 amide bonds. The highest BCUT2D eigenvalue weighted by Crippen LogP contribution is 2.06. The van der Waals surface area contributed by atoms with E-state index >= 15 is 0 Å². The highest BCUT2D eigenvalue weighted by molar-refractivity contribution is 7.33. The van der Waals surface area contributed by atoms with Gasteiger partial charge in [-0.05, 0) is 12.5 Å². The second kappa shape index (κ2) is 5.23. The van der Waals surface area contributed by atoms with Gasteiger partial charge in [-0.3, -0.25) is 0 Å². The van der Waals surface area contributed by atoms with Crippen LogP contribution < -0.4 is 0 Å². The van der Waals surface area contributed by atoms with Crippen molar-refractivity contribution in [2.75, 3.05) is 5.88 Å². The molecule has 0 aromatic rings. The Bertz CT molecular complexity index is 39.2. The van der Waals surface area contributed by atoms with E-state index in [-0.39, 0.29) is 0 Å². The lowest BCUT2D eigenvalue weighted by atomic mass is 10.6. The fraction of sp³-hybridized carbons (Fsp3) is 1.00. The predicted molar refractivity (Wildman–Crippen MR) is 37.6 cm³/mol. The lowest BCUT2D eigenvalue weighted by molar-refractivity contribution is 1.09. The van der Waals surface area contributed by atoms with Gasteiger partial charge < -0.3 is 0 Å². The van der Waals surface area contributed by atoms with E-state index in [4.69, 9.17) is 33.8 Å². The lowest BCUT2D eigenvalue weighted by Gasteiger charge is -1.90. The zero-order valence-corrected chi connectivity index (χ0v) is 7.02. The number of hydrogen-bond donors (Lipinski definition) is 0. The molecule has 1 radical (unpaired) electrons. The Balaban J connectivity index is 2.68. The van der Waals surface area contributed by atoms with Gasteiger partial charge in [0.05, 0.1) is 0 Å². The molecule has 0 aliphatic rings. The Morgan fingerprint density at radius 2 is 1.86 bits per heavy atom. The van der Waals surface area contributed by atoms with Crippen molar-refractivity contribution in [1.82, 2.24) is 0 Å². The molecule has 0 saturated carbocycles. The minimum Gasteiger partial charge on any atom is -0.147 e. The number of rotatable bonds is 3. The quantitative estimate of drug-likeness (QED) is 0.352. The summed E-state index contributed by atoms with van der Waals surface area (Å²) in [7, 11) is -1.04. The molecule has 0 saturated heterocycles. The SMILES string of the molecule is ClCCC[Si](Cl)Cl. The minimum absolute atomic E-state index is 0.674. The normalized spacial score (nSPS) is 10.3. The lowest BCUT2D eigenvalue weighted by Crippen LogP contribution is -1.90. The van der Waals surface area contributed by atoms with Crippen molar-refractivity contribution in [3.05, 3.63) is 0 Å². The highest BCUT2D eigenvalue weighted by atomic mass is 35.7. The van der Waals surface area contributed by atoms with Crippen LogP contribution in [0.3, 0.4) is 0 Å². The fourth-order valence-electron chi connectivity index (χ4n) is 0.200. The first-order valence-corrected chi connectivity index (χ1v) is 6.26. The first-order chi connectivity index (χ1) is 3.27. The van der Waals surface area contributed by atoms with E-state index in [0.717, 1.165) is 12.5 Å². The van der Waals surface area contributed by atoms with Gasteiger partial charge in [0.2, 0.25) is 0 Å². The number of alkyl halides is 1. The van der Waals surface area contributed by atoms with E-state index in [1.807, 2.05) is 0 Å². The van der Waals surface area contributed by atoms with E-state index < -0.39 is 7.42 Å². The zero-order chi connectivity index (χ0) is 5.70. The first kappa shape index (κ1) is 8.09. The molecular weight excluding hydrogens is 170 g/mol. The third kappa shape index (κ3) is 7.09. The molecule has 0 atom stereocenters. The molecule has 0 spiro atoms. The summed E-state index contributed by atoms with van der Waals surface area (Å²) >= 11 is 16.3. The summed E-state index contributed by atoms with van der Waals surface area (Å²) in [4.78, 5) is 0. The van der Waals surface area contributed by atoms with Crippen LogP contribution in [0.5, 0.6) is 0 Å². The van der Waals surface area contributed by atoms with Gasteiger partial charge in [-0.15, -0.1) is 33.8 Å². The third-order valence-corrected chi connectivity index (χ3v) is 2.63. The smallest absolute Gasteiger partial charge is 0.147 e. The van der Waals surface area contributed by atoms with Crippen LogP contribution in [0, 0.1) is 0 Å². The molecule has 0 aliphatic heterocycles. The van der Waals surface area contributed by atoms with E-state index in [0.29, 0.717) is 5.88 Å². The Kier molecular flexibility index (Phi) is 6.04. The summed E-state index contributed by atoms with van der Waals surface area (Å²) in [5, 5.41) is 0. The molecule has 0 nitrogen and oxygen atoms in total. The fourth-order valence-corrected chi connectivity index (χ4v) is 1.80. The van der Waals surface area contributed by atoms with Gasteiger partial charge in [0.25, 0.3) is 7.42 Å². The van der Waals surface area contributed by atoms with Crippen molar-refractivity contribution in [2.45, 2.75) is 12.5 Å². The topological polar surface area (TPSA) is 0 Å². The van der Waals surface area contributed by atoms with Gasteiger partial charge in [-0.2, -0.15) is 0 Å². The molecule has 7 heavy (non-hydrogen) atoms. The average molecular weight is 177 g/mol. The van der Waals surface area contributed by atoms with Gasteiger partial charge in [0, 0.05) is 5.88 Å². The van der Waals surface area contributed by atoms with Crippen molar-refractivity contribution in [2.24, 2.45) is 0 Å². The second-order valence-electron chi connectivity index (χ2n) is 1.13. The maximum absolute atomic E-state index is 5.47. The molecule has 0 aromatic carbocycles. The molecule has 0 heterocycles. The monoisotopic (exact) mass is 175 g/mol. The highest BCUT2D eigenvalue weighted by Gasteiger charge is 1.99. The van der Waals surface area contributed by atoms with E-state index in [1.165, 1.54) is 0 Å². The predicted octanol–water partition coefficient (Wildman–Crippen LogP) is 2.58. The molecule has 0 aliphatic carbocycles. The van der Waals surface area contributed by atoms with Gasteiger partial charge in [-0.1, -0.05) is 0 Å². The minimum atomic E-state index is -1.04. The van der Waals surface area contributed by atoms with Gasteiger partial charge in [0.1, 0.15) is 0 Å². The van der Waals surface area contributed by atoms with Crippen molar-refractivity contribution >= 4 is 41.2 Å². The van der Waals surface area contributed by atoms with Crippen LogP contribution in [-0.2, 0) is 0 Å². The van der Waals surface area contributed by atoms with Gasteiger partial charge in [-0.25, -0.2) is 0 Å². The Morgan fingerprint density at radius 3 is 2.00 bits per heavy atom. The maximum atomic E-state index is 5.47. The first-order valence-electron chi connectivity index (χ1n) is 2.00. The van der Waals surface area contributed by atoms with Gasteiger partial charge >= 0.3 is 0 Å². The molecule has 0 unspecified atom stereocenters. The summed E-state index contributed by atoms with van der Waals surface area (Å²) < 4.78 is 0. The van der Waals surface area contributed by atoms with Crippen LogP contribution in [0.4, 0.5) is 0 Å². The zero-order valence-electron chi connectivity index (χ0n) is 3.76. The van der Waals surface area contributed by atoms with Crippen molar-refractivity contribution in [3.63, 3.8) is 0 Å². The number of hydrogen-bond acceptors (Lipinski definition) is 0. The summed E-state index contributed by atoms with van der Waals surface area (Å²) in [5.74, 6) is 0.674. The third-order valence-electron chi connectivity index (χ3n) is 0.499. The van der Waals surface area contributed by atoms with Crippen molar-refractivity contribution < 1.29 is 0 Å². The molecule has 0 N–H and O–H groups in total. The number of halogens is 3. The van der Waals surface area contributed by atoms with Crippen LogP contribution in [0.2, 0.25) is 6.04 Å². The van der Waals surface area contributed by atoms with E-state index in [9.17, 15) is 0 Å². The van der Waals surface area contributed by atoms with Crippen LogP contribution in [-0.4, -0.2) is 13.3 Å². The molecular formula is C3H6Cl3Si. The average Bonchev–Trinajstić information content (AvgIpc) is 1.61. The summed E-state index contributed by atoms with van der Waals surface area (Å²) in [6.07, 6.45) is 0.947. The van der Waals surface area contributed by atoms with E-state index in [2.05, 4.69) is 0 Å². The van der Waals surface area contributed by atoms with Crippen LogP contribution in [0.15, 0.2) is 0 Å². The molecule has 0 rings (SSSR count). The molecule has 0 fully saturated rings. The molecule has 0 bridgehead atoms. The standard InChI is InChI=1S/C3H6Cl3Si/c4-2-1-3-7(5)6/h1-3H2. The second-order valence-corrected chi connectivity index (χ2v) is 6.00. The molecule has 43 valence electrons. The Morgan fingerprint density at radius 1 is 1.29 bits per heavy atom. The van der Waals surface area contributed by atoms with Crippen LogP contribution >= 0.6 is 33.8 Å². The summed E-state index contributed by atoms with van der Waals surface area (Å²) in [5.41, 5.74) is 0. The van der Waals surface area contributed by atoms with Crippen molar-refractivity contribution in [1.29, 1.82) is 0 Å². The largest absolute Gasteiger partial charge is 0.273 e. The summed E-state index contributed by atoms with van der Waals surface area (Å²) in [6.45, 7) is 0. The molecule has 4 heteroatoms. The summed E-state index contributed by atoms with van der Waals surface area (Å²) in [6, 6.07) is 0.900. The Hall–Kier alpha value is 1.09. The van der Waals surface area contributed by atoms with Gasteiger partial charge in [0.15, 0.2) is 0 Å². The van der Waals surface area contributed by atoms with Crippen molar-refractivity contribution in [3.8, 4) is 0 Å². The van der Waals surface area contributed by atoms with Crippen LogP contribution in [0.25, 0.3) is 0 Å². The Labute approximate surface area is 59.8 Å². The maximum Gasteiger partial charge on any atom is 0.273 e. The van der Waals surface area contributed by atoms with Crippen LogP contribution in [0.1, 0.15) is 6.42 Å². The molecule has 0 aromatic heterocycles.